The normalized spacial score (nSPS) is 10.1. The van der Waals surface area contributed by atoms with Gasteiger partial charge >= 0.3 is 5.97 Å². The fourth-order valence-electron chi connectivity index (χ4n) is 2.35. The molecule has 2 amide bonds. The monoisotopic (exact) mass is 340 g/mol. The van der Waals surface area contributed by atoms with Gasteiger partial charge < -0.3 is 15.3 Å². The lowest BCUT2D eigenvalue weighted by atomic mass is 10.1. The van der Waals surface area contributed by atoms with Crippen molar-refractivity contribution >= 4 is 29.2 Å². The molecule has 6 heteroatoms. The molecule has 0 radical (unpaired) electrons. The van der Waals surface area contributed by atoms with E-state index in [9.17, 15) is 14.4 Å². The third-order valence-electron chi connectivity index (χ3n) is 3.61. The molecule has 0 saturated heterocycles. The van der Waals surface area contributed by atoms with Gasteiger partial charge in [-0.2, -0.15) is 0 Å². The first kappa shape index (κ1) is 18.2. The van der Waals surface area contributed by atoms with E-state index < -0.39 is 5.97 Å². The molecular weight excluding hydrogens is 320 g/mol. The van der Waals surface area contributed by atoms with E-state index in [0.717, 1.165) is 5.69 Å². The first-order valence-electron chi connectivity index (χ1n) is 8.00. The highest BCUT2D eigenvalue weighted by Gasteiger charge is 2.16. The van der Waals surface area contributed by atoms with Crippen molar-refractivity contribution in [2.45, 2.75) is 19.8 Å². The van der Waals surface area contributed by atoms with Crippen LogP contribution in [0.1, 0.15) is 30.1 Å². The first-order chi connectivity index (χ1) is 12.0. The summed E-state index contributed by atoms with van der Waals surface area (Å²) in [4.78, 5) is 36.4. The van der Waals surface area contributed by atoms with Crippen molar-refractivity contribution in [3.8, 4) is 0 Å². The van der Waals surface area contributed by atoms with Gasteiger partial charge in [-0.3, -0.25) is 14.4 Å². The number of carbonyl (C=O) groups excluding carboxylic acids is 2. The van der Waals surface area contributed by atoms with E-state index in [1.165, 1.54) is 0 Å². The van der Waals surface area contributed by atoms with Crippen molar-refractivity contribution in [2.24, 2.45) is 0 Å². The van der Waals surface area contributed by atoms with Gasteiger partial charge in [0.15, 0.2) is 0 Å². The molecule has 0 saturated carbocycles. The van der Waals surface area contributed by atoms with Crippen LogP contribution >= 0.6 is 0 Å². The molecule has 2 aromatic rings. The highest BCUT2D eigenvalue weighted by Crippen LogP contribution is 2.18. The zero-order valence-electron chi connectivity index (χ0n) is 13.9. The predicted octanol–water partition coefficient (Wildman–Crippen LogP) is 3.16. The van der Waals surface area contributed by atoms with E-state index in [1.807, 2.05) is 37.3 Å². The van der Waals surface area contributed by atoms with Crippen molar-refractivity contribution in [2.75, 3.05) is 16.8 Å². The van der Waals surface area contributed by atoms with Crippen molar-refractivity contribution in [3.63, 3.8) is 0 Å². The average molecular weight is 340 g/mol. The summed E-state index contributed by atoms with van der Waals surface area (Å²) in [5.41, 5.74) is 1.85. The molecule has 0 aromatic heterocycles. The van der Waals surface area contributed by atoms with Crippen LogP contribution < -0.4 is 10.2 Å². The van der Waals surface area contributed by atoms with E-state index in [2.05, 4.69) is 5.32 Å². The topological polar surface area (TPSA) is 86.7 Å². The molecule has 0 heterocycles. The number of carboxylic acid groups (broad SMARTS) is 1. The molecule has 0 bridgehead atoms. The maximum Gasteiger partial charge on any atom is 0.303 e. The number of aliphatic carboxylic acids is 1. The Balaban J connectivity index is 2.04. The summed E-state index contributed by atoms with van der Waals surface area (Å²) in [5.74, 6) is -1.52. The Kier molecular flexibility index (Phi) is 6.28. The van der Waals surface area contributed by atoms with Crippen LogP contribution in [0.15, 0.2) is 54.6 Å². The number of para-hydroxylation sites is 1. The molecule has 130 valence electrons. The SMILES string of the molecule is CCN(C(=O)c1ccc(NC(=O)CCC(=O)O)cc1)c1ccccc1. The van der Waals surface area contributed by atoms with Gasteiger partial charge in [0.2, 0.25) is 5.91 Å². The molecule has 0 unspecified atom stereocenters. The number of hydrogen-bond acceptors (Lipinski definition) is 3. The summed E-state index contributed by atoms with van der Waals surface area (Å²) in [7, 11) is 0. The standard InChI is InChI=1S/C19H20N2O4/c1-2-21(16-6-4-3-5-7-16)19(25)14-8-10-15(11-9-14)20-17(22)12-13-18(23)24/h3-11H,2,12-13H2,1H3,(H,20,22)(H,23,24). The summed E-state index contributed by atoms with van der Waals surface area (Å²) in [6.07, 6.45) is -0.307. The van der Waals surface area contributed by atoms with Crippen molar-refractivity contribution in [1.29, 1.82) is 0 Å². The molecule has 2 aromatic carbocycles. The second kappa shape index (κ2) is 8.63. The Morgan fingerprint density at radius 3 is 2.16 bits per heavy atom. The quantitative estimate of drug-likeness (QED) is 0.810. The van der Waals surface area contributed by atoms with Gasteiger partial charge in [-0.1, -0.05) is 18.2 Å². The van der Waals surface area contributed by atoms with Gasteiger partial charge in [-0.05, 0) is 43.3 Å². The molecule has 0 fully saturated rings. The number of nitrogens with zero attached hydrogens (tertiary/aromatic N) is 1. The minimum Gasteiger partial charge on any atom is -0.481 e. The van der Waals surface area contributed by atoms with Crippen LogP contribution in [0.2, 0.25) is 0 Å². The van der Waals surface area contributed by atoms with E-state index in [0.29, 0.717) is 17.8 Å². The number of nitrogens with one attached hydrogen (secondary N) is 1. The number of anilines is 2. The maximum absolute atomic E-state index is 12.7. The van der Waals surface area contributed by atoms with Crippen LogP contribution in [0.3, 0.4) is 0 Å². The van der Waals surface area contributed by atoms with Crippen molar-refractivity contribution in [1.82, 2.24) is 0 Å². The lowest BCUT2D eigenvalue weighted by Gasteiger charge is -2.21. The molecule has 0 aliphatic rings. The Labute approximate surface area is 146 Å². The van der Waals surface area contributed by atoms with E-state index in [1.54, 1.807) is 29.2 Å². The van der Waals surface area contributed by atoms with Crippen LogP contribution in [0.5, 0.6) is 0 Å². The van der Waals surface area contributed by atoms with Crippen molar-refractivity contribution in [3.05, 3.63) is 60.2 Å². The third kappa shape index (κ3) is 5.17. The summed E-state index contributed by atoms with van der Waals surface area (Å²) in [6, 6.07) is 15.9. The summed E-state index contributed by atoms with van der Waals surface area (Å²) >= 11 is 0. The second-order valence-corrected chi connectivity index (χ2v) is 5.40. The Morgan fingerprint density at radius 1 is 0.960 bits per heavy atom. The van der Waals surface area contributed by atoms with Crippen LogP contribution in [0, 0.1) is 0 Å². The Bertz CT molecular complexity index is 742. The molecule has 6 nitrogen and oxygen atoms in total. The molecule has 0 spiro atoms. The fraction of sp³-hybridized carbons (Fsp3) is 0.211. The zero-order chi connectivity index (χ0) is 18.2. The molecule has 25 heavy (non-hydrogen) atoms. The van der Waals surface area contributed by atoms with Gasteiger partial charge in [0.05, 0.1) is 6.42 Å². The number of amides is 2. The number of carboxylic acids is 1. The van der Waals surface area contributed by atoms with Crippen LogP contribution in [-0.2, 0) is 9.59 Å². The minimum atomic E-state index is -1.02. The lowest BCUT2D eigenvalue weighted by molar-refractivity contribution is -0.138. The second-order valence-electron chi connectivity index (χ2n) is 5.40. The van der Waals surface area contributed by atoms with Gasteiger partial charge in [-0.25, -0.2) is 0 Å². The largest absolute Gasteiger partial charge is 0.481 e. The van der Waals surface area contributed by atoms with E-state index in [-0.39, 0.29) is 24.7 Å². The summed E-state index contributed by atoms with van der Waals surface area (Å²) in [6.45, 7) is 2.44. The predicted molar refractivity (Wildman–Crippen MR) is 95.7 cm³/mol. The van der Waals surface area contributed by atoms with Gasteiger partial charge in [0, 0.05) is 29.9 Å². The van der Waals surface area contributed by atoms with Gasteiger partial charge in [-0.15, -0.1) is 0 Å². The lowest BCUT2D eigenvalue weighted by Crippen LogP contribution is -2.30. The Hall–Kier alpha value is -3.15. The molecule has 0 aliphatic carbocycles. The summed E-state index contributed by atoms with van der Waals surface area (Å²) in [5, 5.41) is 11.2. The van der Waals surface area contributed by atoms with E-state index >= 15 is 0 Å². The van der Waals surface area contributed by atoms with Crippen LogP contribution in [0.4, 0.5) is 11.4 Å². The van der Waals surface area contributed by atoms with Crippen LogP contribution in [0.25, 0.3) is 0 Å². The highest BCUT2D eigenvalue weighted by molar-refractivity contribution is 6.06. The van der Waals surface area contributed by atoms with Crippen LogP contribution in [-0.4, -0.2) is 29.4 Å². The molecule has 2 rings (SSSR count). The highest BCUT2D eigenvalue weighted by atomic mass is 16.4. The molecule has 0 aliphatic heterocycles. The number of carbonyl (C=O) groups is 3. The van der Waals surface area contributed by atoms with Gasteiger partial charge in [0.25, 0.3) is 5.91 Å². The number of hydrogen-bond donors (Lipinski definition) is 2. The maximum atomic E-state index is 12.7. The first-order valence-corrected chi connectivity index (χ1v) is 8.00. The Morgan fingerprint density at radius 2 is 1.60 bits per heavy atom. The average Bonchev–Trinajstić information content (AvgIpc) is 2.62. The molecular formula is C19H20N2O4. The van der Waals surface area contributed by atoms with Crippen molar-refractivity contribution < 1.29 is 19.5 Å². The smallest absolute Gasteiger partial charge is 0.303 e. The zero-order valence-corrected chi connectivity index (χ0v) is 13.9. The number of rotatable bonds is 7. The number of benzene rings is 2. The van der Waals surface area contributed by atoms with Gasteiger partial charge in [0.1, 0.15) is 0 Å². The molecule has 0 atom stereocenters. The third-order valence-corrected chi connectivity index (χ3v) is 3.61. The van der Waals surface area contributed by atoms with E-state index in [4.69, 9.17) is 5.11 Å². The minimum absolute atomic E-state index is 0.0896. The fourth-order valence-corrected chi connectivity index (χ4v) is 2.35. The molecule has 2 N–H and O–H groups in total. The summed E-state index contributed by atoms with van der Waals surface area (Å²) < 4.78 is 0.